The van der Waals surface area contributed by atoms with Crippen molar-refractivity contribution in [3.8, 4) is 0 Å². The molecule has 21 heavy (non-hydrogen) atoms. The normalized spacial score (nSPS) is 17.7. The molecule has 1 heterocycles. The van der Waals surface area contributed by atoms with E-state index in [2.05, 4.69) is 76.0 Å². The zero-order valence-corrected chi connectivity index (χ0v) is 14.0. The zero-order valence-electron chi connectivity index (χ0n) is 11.6. The van der Waals surface area contributed by atoms with Crippen molar-refractivity contribution in [3.05, 3.63) is 75.8 Å². The summed E-state index contributed by atoms with van der Waals surface area (Å²) in [4.78, 5) is 0. The highest BCUT2D eigenvalue weighted by molar-refractivity contribution is 9.10. The monoisotopic (exact) mass is 358 g/mol. The summed E-state index contributed by atoms with van der Waals surface area (Å²) in [7, 11) is 0. The van der Waals surface area contributed by atoms with Gasteiger partial charge in [-0.2, -0.15) is 0 Å². The van der Waals surface area contributed by atoms with E-state index < -0.39 is 0 Å². The maximum atomic E-state index is 5.34. The molecular weight excluding hydrogens is 344 g/mol. The lowest BCUT2D eigenvalue weighted by molar-refractivity contribution is 0.765. The maximum Gasteiger partial charge on any atom is 0.171 e. The summed E-state index contributed by atoms with van der Waals surface area (Å²) >= 11 is 8.80. The van der Waals surface area contributed by atoms with Gasteiger partial charge in [-0.1, -0.05) is 57.9 Å². The summed E-state index contributed by atoms with van der Waals surface area (Å²) in [6.45, 7) is 2.09. The summed E-state index contributed by atoms with van der Waals surface area (Å²) in [5.41, 5.74) is 4.63. The molecule has 1 atom stereocenters. The Morgan fingerprint density at radius 3 is 2.33 bits per heavy atom. The van der Waals surface area contributed by atoms with Crippen LogP contribution in [0, 0.1) is 6.92 Å². The molecule has 2 nitrogen and oxygen atoms in total. The Labute approximate surface area is 138 Å². The molecule has 0 fully saturated rings. The van der Waals surface area contributed by atoms with E-state index in [0.717, 1.165) is 15.7 Å². The molecule has 0 unspecified atom stereocenters. The van der Waals surface area contributed by atoms with Crippen LogP contribution in [-0.2, 0) is 0 Å². The Bertz CT molecular complexity index is 690. The molecule has 0 saturated carbocycles. The van der Waals surface area contributed by atoms with Crippen molar-refractivity contribution in [1.82, 2.24) is 10.6 Å². The van der Waals surface area contributed by atoms with Gasteiger partial charge in [0.15, 0.2) is 5.11 Å². The molecule has 2 N–H and O–H groups in total. The predicted molar refractivity (Wildman–Crippen MR) is 94.9 cm³/mol. The summed E-state index contributed by atoms with van der Waals surface area (Å²) in [5.74, 6) is 0. The quantitative estimate of drug-likeness (QED) is 0.781. The highest BCUT2D eigenvalue weighted by Crippen LogP contribution is 2.24. The number of rotatable bonds is 2. The number of aryl methyl sites for hydroxylation is 1. The van der Waals surface area contributed by atoms with Crippen LogP contribution in [0.5, 0.6) is 0 Å². The molecule has 0 radical (unpaired) electrons. The van der Waals surface area contributed by atoms with Gasteiger partial charge in [0.2, 0.25) is 0 Å². The van der Waals surface area contributed by atoms with Crippen LogP contribution in [-0.4, -0.2) is 5.11 Å². The van der Waals surface area contributed by atoms with Crippen molar-refractivity contribution < 1.29 is 0 Å². The molecule has 1 aliphatic rings. The van der Waals surface area contributed by atoms with E-state index in [1.807, 2.05) is 12.1 Å². The van der Waals surface area contributed by atoms with E-state index in [1.165, 1.54) is 11.1 Å². The van der Waals surface area contributed by atoms with Gasteiger partial charge in [0, 0.05) is 10.2 Å². The molecule has 0 spiro atoms. The van der Waals surface area contributed by atoms with Crippen molar-refractivity contribution in [2.45, 2.75) is 13.0 Å². The van der Waals surface area contributed by atoms with Gasteiger partial charge < -0.3 is 10.6 Å². The van der Waals surface area contributed by atoms with Gasteiger partial charge in [0.25, 0.3) is 0 Å². The van der Waals surface area contributed by atoms with Crippen molar-refractivity contribution in [1.29, 1.82) is 0 Å². The van der Waals surface area contributed by atoms with Crippen molar-refractivity contribution in [2.24, 2.45) is 0 Å². The highest BCUT2D eigenvalue weighted by Gasteiger charge is 2.18. The van der Waals surface area contributed by atoms with Gasteiger partial charge in [0.1, 0.15) is 0 Å². The van der Waals surface area contributed by atoms with Crippen LogP contribution >= 0.6 is 28.1 Å². The molecule has 1 aliphatic heterocycles. The average Bonchev–Trinajstić information content (AvgIpc) is 2.48. The SMILES string of the molecule is Cc1ccc([C@H]2C=C(c3ccc(Br)cc3)NC(=S)N2)cc1. The minimum Gasteiger partial charge on any atom is -0.352 e. The zero-order chi connectivity index (χ0) is 14.8. The molecule has 106 valence electrons. The highest BCUT2D eigenvalue weighted by atomic mass is 79.9. The first-order chi connectivity index (χ1) is 10.1. The molecule has 3 rings (SSSR count). The van der Waals surface area contributed by atoms with E-state index in [9.17, 15) is 0 Å². The largest absolute Gasteiger partial charge is 0.352 e. The number of nitrogens with one attached hydrogen (secondary N) is 2. The van der Waals surface area contributed by atoms with Crippen LogP contribution in [0.25, 0.3) is 5.70 Å². The van der Waals surface area contributed by atoms with Crippen LogP contribution in [0.2, 0.25) is 0 Å². The van der Waals surface area contributed by atoms with Crippen LogP contribution in [0.15, 0.2) is 59.1 Å². The van der Waals surface area contributed by atoms with Gasteiger partial charge in [0.05, 0.1) is 6.04 Å². The second-order valence-electron chi connectivity index (χ2n) is 5.07. The third kappa shape index (κ3) is 3.34. The number of halogens is 1. The van der Waals surface area contributed by atoms with E-state index in [0.29, 0.717) is 5.11 Å². The molecular formula is C17H15BrN2S. The van der Waals surface area contributed by atoms with Crippen molar-refractivity contribution in [2.75, 3.05) is 0 Å². The first kappa shape index (κ1) is 14.3. The number of hydrogen-bond donors (Lipinski definition) is 2. The van der Waals surface area contributed by atoms with Crippen LogP contribution in [0.4, 0.5) is 0 Å². The minimum atomic E-state index is 0.0954. The number of thiocarbonyl (C=S) groups is 1. The van der Waals surface area contributed by atoms with Crippen LogP contribution in [0.3, 0.4) is 0 Å². The fraction of sp³-hybridized carbons (Fsp3) is 0.118. The lowest BCUT2D eigenvalue weighted by Gasteiger charge is -2.26. The Kier molecular flexibility index (Phi) is 4.08. The van der Waals surface area contributed by atoms with Gasteiger partial charge in [-0.05, 0) is 48.5 Å². The average molecular weight is 359 g/mol. The molecule has 4 heteroatoms. The maximum absolute atomic E-state index is 5.34. The first-order valence-electron chi connectivity index (χ1n) is 6.74. The molecule has 0 bridgehead atoms. The van der Waals surface area contributed by atoms with Crippen LogP contribution in [0.1, 0.15) is 22.7 Å². The molecule has 0 amide bonds. The lowest BCUT2D eigenvalue weighted by atomic mass is 10.0. The Hall–Kier alpha value is -1.65. The third-order valence-corrected chi connectivity index (χ3v) is 4.21. The van der Waals surface area contributed by atoms with Gasteiger partial charge in [-0.15, -0.1) is 0 Å². The minimum absolute atomic E-state index is 0.0954. The fourth-order valence-corrected chi connectivity index (χ4v) is 2.80. The number of hydrogen-bond acceptors (Lipinski definition) is 1. The Balaban J connectivity index is 1.95. The molecule has 2 aromatic rings. The number of benzene rings is 2. The van der Waals surface area contributed by atoms with Crippen molar-refractivity contribution in [3.63, 3.8) is 0 Å². The van der Waals surface area contributed by atoms with Gasteiger partial charge >= 0.3 is 0 Å². The van der Waals surface area contributed by atoms with Crippen molar-refractivity contribution >= 4 is 39.0 Å². The summed E-state index contributed by atoms with van der Waals surface area (Å²) in [6, 6.07) is 16.8. The van der Waals surface area contributed by atoms with E-state index in [-0.39, 0.29) is 6.04 Å². The standard InChI is InChI=1S/C17H15BrN2S/c1-11-2-4-12(5-3-11)15-10-16(20-17(21)19-15)13-6-8-14(18)9-7-13/h2-10,15H,1H3,(H2,19,20,21)/t15-/m1/s1. The second kappa shape index (κ2) is 6.00. The lowest BCUT2D eigenvalue weighted by Crippen LogP contribution is -2.40. The second-order valence-corrected chi connectivity index (χ2v) is 6.40. The van der Waals surface area contributed by atoms with Gasteiger partial charge in [-0.25, -0.2) is 0 Å². The molecule has 0 saturated heterocycles. The Morgan fingerprint density at radius 1 is 1.00 bits per heavy atom. The molecule has 2 aromatic carbocycles. The van der Waals surface area contributed by atoms with E-state index >= 15 is 0 Å². The smallest absolute Gasteiger partial charge is 0.171 e. The summed E-state index contributed by atoms with van der Waals surface area (Å²) in [6.07, 6.45) is 2.17. The molecule has 0 aliphatic carbocycles. The summed E-state index contributed by atoms with van der Waals surface area (Å²) in [5, 5.41) is 7.18. The van der Waals surface area contributed by atoms with Gasteiger partial charge in [-0.3, -0.25) is 0 Å². The summed E-state index contributed by atoms with van der Waals surface area (Å²) < 4.78 is 1.07. The fourth-order valence-electron chi connectivity index (χ4n) is 2.30. The first-order valence-corrected chi connectivity index (χ1v) is 7.94. The van der Waals surface area contributed by atoms with E-state index in [1.54, 1.807) is 0 Å². The predicted octanol–water partition coefficient (Wildman–Crippen LogP) is 4.32. The molecule has 0 aromatic heterocycles. The third-order valence-electron chi connectivity index (χ3n) is 3.46. The van der Waals surface area contributed by atoms with Crippen LogP contribution < -0.4 is 10.6 Å². The topological polar surface area (TPSA) is 24.1 Å². The Morgan fingerprint density at radius 2 is 1.67 bits per heavy atom. The van der Waals surface area contributed by atoms with E-state index in [4.69, 9.17) is 12.2 Å².